The monoisotopic (exact) mass is 431 g/mol. The Morgan fingerprint density at radius 1 is 0.781 bits per heavy atom. The molecule has 2 fully saturated rings. The number of hydrogen-bond donors (Lipinski definition) is 0. The summed E-state index contributed by atoms with van der Waals surface area (Å²) in [5, 5.41) is 1.05. The smallest absolute Gasteiger partial charge is 0.272 e. The maximum atomic E-state index is 13.0. The highest BCUT2D eigenvalue weighted by atomic mass is 16.2. The highest BCUT2D eigenvalue weighted by Crippen LogP contribution is 2.22. The van der Waals surface area contributed by atoms with Crippen LogP contribution in [0.2, 0.25) is 0 Å². The van der Waals surface area contributed by atoms with E-state index in [1.165, 1.54) is 0 Å². The summed E-state index contributed by atoms with van der Waals surface area (Å²) >= 11 is 0. The van der Waals surface area contributed by atoms with Crippen molar-refractivity contribution in [1.82, 2.24) is 24.8 Å². The molecule has 2 saturated heterocycles. The maximum absolute atomic E-state index is 13.0. The lowest BCUT2D eigenvalue weighted by Crippen LogP contribution is -2.49. The number of likely N-dealkylation sites (N-methyl/N-ethyl adjacent to an activating group) is 1. The van der Waals surface area contributed by atoms with Gasteiger partial charge in [0.1, 0.15) is 23.2 Å². The number of aromatic nitrogens is 3. The molecule has 2 aromatic heterocycles. The summed E-state index contributed by atoms with van der Waals surface area (Å²) in [7, 11) is 2.15. The molecule has 8 heteroatoms. The second-order valence-electron chi connectivity index (χ2n) is 8.59. The van der Waals surface area contributed by atoms with Gasteiger partial charge in [0.25, 0.3) is 5.91 Å². The van der Waals surface area contributed by atoms with Crippen molar-refractivity contribution in [2.24, 2.45) is 0 Å². The Morgan fingerprint density at radius 2 is 1.41 bits per heavy atom. The number of piperazine rings is 2. The summed E-state index contributed by atoms with van der Waals surface area (Å²) in [5.41, 5.74) is 1.36. The highest BCUT2D eigenvalue weighted by molar-refractivity contribution is 5.95. The number of nitrogens with zero attached hydrogens (tertiary/aromatic N) is 7. The zero-order chi connectivity index (χ0) is 22.1. The Balaban J connectivity index is 1.26. The van der Waals surface area contributed by atoms with Crippen LogP contribution in [0.4, 0.5) is 11.6 Å². The van der Waals surface area contributed by atoms with E-state index in [1.54, 1.807) is 0 Å². The van der Waals surface area contributed by atoms with Gasteiger partial charge in [-0.2, -0.15) is 0 Å². The standard InChI is InChI=1S/C24H29N7O/c1-18-25-22(29-11-9-28(2)10-12-29)17-23(26-18)30-13-15-31(16-14-30)24(32)21-8-7-19-5-3-4-6-20(19)27-21/h3-8,17H,9-16H2,1-2H3. The predicted octanol–water partition coefficient (Wildman–Crippen LogP) is 2.05. The van der Waals surface area contributed by atoms with Crippen LogP contribution in [0, 0.1) is 6.92 Å². The lowest BCUT2D eigenvalue weighted by molar-refractivity contribution is 0.0741. The lowest BCUT2D eigenvalue weighted by atomic mass is 10.2. The van der Waals surface area contributed by atoms with Crippen LogP contribution in [-0.4, -0.2) is 90.1 Å². The minimum absolute atomic E-state index is 0.00704. The second kappa shape index (κ2) is 8.70. The molecular weight excluding hydrogens is 402 g/mol. The number of carbonyl (C=O) groups excluding carboxylic acids is 1. The minimum Gasteiger partial charge on any atom is -0.354 e. The van der Waals surface area contributed by atoms with Gasteiger partial charge in [-0.1, -0.05) is 24.3 Å². The van der Waals surface area contributed by atoms with Crippen LogP contribution in [-0.2, 0) is 0 Å². The summed E-state index contributed by atoms with van der Waals surface area (Å²) in [5.74, 6) is 2.73. The topological polar surface area (TPSA) is 68.7 Å². The summed E-state index contributed by atoms with van der Waals surface area (Å²) < 4.78 is 0. The van der Waals surface area contributed by atoms with Crippen molar-refractivity contribution in [1.29, 1.82) is 0 Å². The Morgan fingerprint density at radius 3 is 2.09 bits per heavy atom. The van der Waals surface area contributed by atoms with Crippen molar-refractivity contribution in [3.05, 3.63) is 54.0 Å². The van der Waals surface area contributed by atoms with Crippen LogP contribution in [0.5, 0.6) is 0 Å². The molecule has 0 saturated carbocycles. The predicted molar refractivity (Wildman–Crippen MR) is 126 cm³/mol. The Bertz CT molecular complexity index is 1120. The average molecular weight is 432 g/mol. The average Bonchev–Trinajstić information content (AvgIpc) is 2.83. The zero-order valence-electron chi connectivity index (χ0n) is 18.7. The van der Waals surface area contributed by atoms with Crippen molar-refractivity contribution in [2.45, 2.75) is 6.92 Å². The summed E-state index contributed by atoms with van der Waals surface area (Å²) in [6.07, 6.45) is 0. The van der Waals surface area contributed by atoms with E-state index in [9.17, 15) is 4.79 Å². The number of amides is 1. The van der Waals surface area contributed by atoms with Gasteiger partial charge in [0.2, 0.25) is 0 Å². The number of rotatable bonds is 3. The van der Waals surface area contributed by atoms with Crippen molar-refractivity contribution in [3.63, 3.8) is 0 Å². The van der Waals surface area contributed by atoms with E-state index in [-0.39, 0.29) is 5.91 Å². The van der Waals surface area contributed by atoms with E-state index < -0.39 is 0 Å². The normalized spacial score (nSPS) is 17.8. The number of carbonyl (C=O) groups is 1. The molecule has 1 amide bonds. The first-order valence-corrected chi connectivity index (χ1v) is 11.3. The fourth-order valence-electron chi connectivity index (χ4n) is 4.38. The molecule has 0 atom stereocenters. The summed E-state index contributed by atoms with van der Waals surface area (Å²) in [6.45, 7) is 8.80. The number of para-hydroxylation sites is 1. The molecule has 32 heavy (non-hydrogen) atoms. The van der Waals surface area contributed by atoms with Gasteiger partial charge in [0, 0.05) is 63.8 Å². The van der Waals surface area contributed by atoms with Gasteiger partial charge in [0.05, 0.1) is 5.52 Å². The van der Waals surface area contributed by atoms with Crippen molar-refractivity contribution >= 4 is 28.4 Å². The largest absolute Gasteiger partial charge is 0.354 e. The maximum Gasteiger partial charge on any atom is 0.272 e. The molecule has 166 valence electrons. The lowest BCUT2D eigenvalue weighted by Gasteiger charge is -2.36. The van der Waals surface area contributed by atoms with Crippen LogP contribution in [0.3, 0.4) is 0 Å². The molecular formula is C24H29N7O. The molecule has 4 heterocycles. The Labute approximate surface area is 188 Å². The van der Waals surface area contributed by atoms with E-state index >= 15 is 0 Å². The van der Waals surface area contributed by atoms with Crippen LogP contribution in [0.1, 0.15) is 16.3 Å². The van der Waals surface area contributed by atoms with Crippen molar-refractivity contribution in [2.75, 3.05) is 69.2 Å². The van der Waals surface area contributed by atoms with Crippen LogP contribution in [0.15, 0.2) is 42.5 Å². The molecule has 2 aliphatic heterocycles. The summed E-state index contributed by atoms with van der Waals surface area (Å²) in [4.78, 5) is 35.8. The third-order valence-corrected chi connectivity index (χ3v) is 6.35. The van der Waals surface area contributed by atoms with Gasteiger partial charge in [0.15, 0.2) is 0 Å². The zero-order valence-corrected chi connectivity index (χ0v) is 18.7. The third-order valence-electron chi connectivity index (χ3n) is 6.35. The molecule has 0 bridgehead atoms. The van der Waals surface area contributed by atoms with Gasteiger partial charge in [-0.15, -0.1) is 0 Å². The molecule has 3 aromatic rings. The number of fused-ring (bicyclic) bond motifs is 1. The first kappa shape index (κ1) is 20.6. The SMILES string of the molecule is Cc1nc(N2CCN(C)CC2)cc(N2CCN(C(=O)c3ccc4ccccc4n3)CC2)n1. The molecule has 5 rings (SSSR count). The number of pyridine rings is 1. The molecule has 0 unspecified atom stereocenters. The van der Waals surface area contributed by atoms with Gasteiger partial charge in [-0.25, -0.2) is 15.0 Å². The number of anilines is 2. The van der Waals surface area contributed by atoms with E-state index in [0.717, 1.165) is 67.6 Å². The molecule has 0 N–H and O–H groups in total. The molecule has 1 aromatic carbocycles. The fourth-order valence-corrected chi connectivity index (χ4v) is 4.38. The number of aryl methyl sites for hydroxylation is 1. The molecule has 8 nitrogen and oxygen atoms in total. The van der Waals surface area contributed by atoms with E-state index in [4.69, 9.17) is 4.98 Å². The fraction of sp³-hybridized carbons (Fsp3) is 0.417. The molecule has 2 aliphatic rings. The summed E-state index contributed by atoms with van der Waals surface area (Å²) in [6, 6.07) is 13.8. The van der Waals surface area contributed by atoms with E-state index in [0.29, 0.717) is 18.8 Å². The number of hydrogen-bond acceptors (Lipinski definition) is 7. The Kier molecular flexibility index (Phi) is 5.61. The quantitative estimate of drug-likeness (QED) is 0.629. The van der Waals surface area contributed by atoms with Gasteiger partial charge in [-0.3, -0.25) is 4.79 Å². The van der Waals surface area contributed by atoms with Crippen molar-refractivity contribution in [3.8, 4) is 0 Å². The molecule has 0 radical (unpaired) electrons. The molecule has 0 aliphatic carbocycles. The first-order chi connectivity index (χ1) is 15.6. The third kappa shape index (κ3) is 4.23. The minimum atomic E-state index is -0.00704. The van der Waals surface area contributed by atoms with Gasteiger partial charge < -0.3 is 19.6 Å². The second-order valence-corrected chi connectivity index (χ2v) is 8.59. The van der Waals surface area contributed by atoms with Crippen molar-refractivity contribution < 1.29 is 4.79 Å². The van der Waals surface area contributed by atoms with Gasteiger partial charge >= 0.3 is 0 Å². The first-order valence-electron chi connectivity index (χ1n) is 11.3. The van der Waals surface area contributed by atoms with E-state index in [2.05, 4.69) is 37.8 Å². The van der Waals surface area contributed by atoms with Gasteiger partial charge in [-0.05, 0) is 26.1 Å². The van der Waals surface area contributed by atoms with Crippen LogP contribution in [0.25, 0.3) is 10.9 Å². The number of benzene rings is 1. The molecule has 0 spiro atoms. The van der Waals surface area contributed by atoms with Crippen LogP contribution < -0.4 is 9.80 Å². The Hall–Kier alpha value is -3.26. The highest BCUT2D eigenvalue weighted by Gasteiger charge is 2.25. The van der Waals surface area contributed by atoms with Crippen LogP contribution >= 0.6 is 0 Å². The van der Waals surface area contributed by atoms with E-state index in [1.807, 2.05) is 48.2 Å².